The van der Waals surface area contributed by atoms with Gasteiger partial charge in [0.1, 0.15) is 0 Å². The average molecular weight is 126 g/mol. The molecule has 5 heteroatoms. The first kappa shape index (κ1) is 5.74. The molecule has 0 fully saturated rings. The van der Waals surface area contributed by atoms with Crippen molar-refractivity contribution in [3.8, 4) is 0 Å². The topological polar surface area (TPSA) is 61.0 Å². The molecule has 1 heterocycles. The fourth-order valence-electron chi connectivity index (χ4n) is 0.445. The Bertz CT molecular complexity index is 229. The Morgan fingerprint density at radius 3 is 2.89 bits per heavy atom. The van der Waals surface area contributed by atoms with Gasteiger partial charge in [-0.1, -0.05) is 0 Å². The highest BCUT2D eigenvalue weighted by molar-refractivity contribution is 5.09. The highest BCUT2D eigenvalue weighted by Crippen LogP contribution is 2.01. The summed E-state index contributed by atoms with van der Waals surface area (Å²) in [5.74, 6) is -0.238. The molecule has 0 N–H and O–H groups in total. The van der Waals surface area contributed by atoms with Crippen LogP contribution in [-0.4, -0.2) is 14.5 Å². The first-order chi connectivity index (χ1) is 4.20. The van der Waals surface area contributed by atoms with E-state index >= 15 is 0 Å². The van der Waals surface area contributed by atoms with Gasteiger partial charge in [0, 0.05) is 7.05 Å². The van der Waals surface area contributed by atoms with Crippen LogP contribution in [0.25, 0.3) is 0 Å². The van der Waals surface area contributed by atoms with Crippen molar-refractivity contribution in [3.05, 3.63) is 22.6 Å². The third-order valence-electron chi connectivity index (χ3n) is 0.803. The van der Waals surface area contributed by atoms with Crippen LogP contribution in [0.2, 0.25) is 0 Å². The van der Waals surface area contributed by atoms with Crippen LogP contribution in [0.4, 0.5) is 5.82 Å². The number of rotatable bonds is 1. The van der Waals surface area contributed by atoms with Gasteiger partial charge in [-0.2, -0.15) is 0 Å². The Hall–Kier alpha value is -1.39. The molecule has 0 amide bonds. The lowest BCUT2D eigenvalue weighted by Crippen LogP contribution is -1.86. The van der Waals surface area contributed by atoms with E-state index < -0.39 is 4.92 Å². The second kappa shape index (κ2) is 1.85. The number of nitro groups is 1. The Labute approximate surface area is 51.1 Å². The molecule has 0 spiro atoms. The zero-order valence-corrected chi connectivity index (χ0v) is 4.74. The van der Waals surface area contributed by atoms with Gasteiger partial charge < -0.3 is 14.7 Å². The molecule has 47 valence electrons. The van der Waals surface area contributed by atoms with Gasteiger partial charge in [0.25, 0.3) is 0 Å². The van der Waals surface area contributed by atoms with Crippen LogP contribution in [0.5, 0.6) is 0 Å². The van der Waals surface area contributed by atoms with E-state index in [0.717, 1.165) is 0 Å². The van der Waals surface area contributed by atoms with Crippen molar-refractivity contribution in [1.29, 1.82) is 0 Å². The molecule has 1 rings (SSSR count). The van der Waals surface area contributed by atoms with Gasteiger partial charge in [0.2, 0.25) is 6.33 Å². The summed E-state index contributed by atoms with van der Waals surface area (Å²) in [5.41, 5.74) is 0. The summed E-state index contributed by atoms with van der Waals surface area (Å²) in [6.07, 6.45) is 3.71. The van der Waals surface area contributed by atoms with Crippen molar-refractivity contribution in [2.24, 2.45) is 7.05 Å². The molecular weight excluding hydrogens is 122 g/mol. The van der Waals surface area contributed by atoms with Gasteiger partial charge >= 0.3 is 5.82 Å². The minimum Gasteiger partial charge on any atom is -0.358 e. The predicted octanol–water partition coefficient (Wildman–Crippen LogP) is 0.128. The summed E-state index contributed by atoms with van der Waals surface area (Å²) in [7, 11) is 1.62. The zero-order chi connectivity index (χ0) is 6.85. The second-order valence-corrected chi connectivity index (χ2v) is 1.55. The summed E-state index contributed by atoms with van der Waals surface area (Å²) in [4.78, 5) is 12.8. The maximum atomic E-state index is 9.91. The van der Waals surface area contributed by atoms with E-state index in [1.165, 1.54) is 10.9 Å². The molecule has 9 heavy (non-hydrogen) atoms. The van der Waals surface area contributed by atoms with Gasteiger partial charge in [-0.15, -0.1) is 0 Å². The molecule has 0 aliphatic rings. The SMILES string of the molecule is Cn1[c]c([N+](=O)[O-])nc1. The van der Waals surface area contributed by atoms with Crippen molar-refractivity contribution < 1.29 is 4.92 Å². The molecule has 0 unspecified atom stereocenters. The van der Waals surface area contributed by atoms with Crippen molar-refractivity contribution in [1.82, 2.24) is 9.55 Å². The molecule has 5 nitrogen and oxygen atoms in total. The third kappa shape index (κ3) is 1.04. The zero-order valence-electron chi connectivity index (χ0n) is 4.74. The minimum atomic E-state index is -0.583. The van der Waals surface area contributed by atoms with Gasteiger partial charge in [-0.25, -0.2) is 0 Å². The molecule has 0 aliphatic carbocycles. The predicted molar refractivity (Wildman–Crippen MR) is 28.7 cm³/mol. The van der Waals surface area contributed by atoms with Crippen molar-refractivity contribution in [3.63, 3.8) is 0 Å². The first-order valence-electron chi connectivity index (χ1n) is 2.25. The largest absolute Gasteiger partial charge is 0.391 e. The summed E-state index contributed by atoms with van der Waals surface area (Å²) < 4.78 is 1.40. The number of aromatic nitrogens is 2. The molecule has 1 radical (unpaired) electrons. The Kier molecular flexibility index (Phi) is 1.18. The van der Waals surface area contributed by atoms with Crippen molar-refractivity contribution >= 4 is 5.82 Å². The van der Waals surface area contributed by atoms with E-state index in [-0.39, 0.29) is 5.82 Å². The summed E-state index contributed by atoms with van der Waals surface area (Å²) in [6.45, 7) is 0. The van der Waals surface area contributed by atoms with E-state index in [4.69, 9.17) is 0 Å². The molecule has 0 saturated heterocycles. The summed E-state index contributed by atoms with van der Waals surface area (Å²) in [6, 6.07) is 0. The summed E-state index contributed by atoms with van der Waals surface area (Å²) in [5, 5.41) is 9.91. The van der Waals surface area contributed by atoms with E-state index in [1.54, 1.807) is 7.05 Å². The number of aryl methyl sites for hydroxylation is 1. The monoisotopic (exact) mass is 126 g/mol. The van der Waals surface area contributed by atoms with Crippen LogP contribution in [0.15, 0.2) is 6.33 Å². The van der Waals surface area contributed by atoms with Crippen LogP contribution < -0.4 is 0 Å². The van der Waals surface area contributed by atoms with Gasteiger partial charge in [-0.3, -0.25) is 0 Å². The van der Waals surface area contributed by atoms with E-state index in [9.17, 15) is 10.1 Å². The smallest absolute Gasteiger partial charge is 0.358 e. The lowest BCUT2D eigenvalue weighted by molar-refractivity contribution is -0.389. The third-order valence-corrected chi connectivity index (χ3v) is 0.803. The highest BCUT2D eigenvalue weighted by Gasteiger charge is 2.07. The lowest BCUT2D eigenvalue weighted by Gasteiger charge is -1.81. The highest BCUT2D eigenvalue weighted by atomic mass is 16.6. The van der Waals surface area contributed by atoms with E-state index in [2.05, 4.69) is 11.2 Å². The number of hydrogen-bond donors (Lipinski definition) is 0. The first-order valence-corrected chi connectivity index (χ1v) is 2.25. The molecule has 0 saturated carbocycles. The van der Waals surface area contributed by atoms with Crippen molar-refractivity contribution in [2.75, 3.05) is 0 Å². The molecule has 1 aromatic heterocycles. The van der Waals surface area contributed by atoms with E-state index in [0.29, 0.717) is 0 Å². The Morgan fingerprint density at radius 2 is 2.67 bits per heavy atom. The minimum absolute atomic E-state index is 0.238. The maximum absolute atomic E-state index is 9.91. The molecule has 0 bridgehead atoms. The maximum Gasteiger partial charge on any atom is 0.391 e. The number of hydrogen-bond acceptors (Lipinski definition) is 3. The van der Waals surface area contributed by atoms with Crippen LogP contribution in [-0.2, 0) is 7.05 Å². The van der Waals surface area contributed by atoms with Crippen LogP contribution in [0, 0.1) is 16.3 Å². The van der Waals surface area contributed by atoms with E-state index in [1.807, 2.05) is 0 Å². The molecular formula is C4H4N3O2. The normalized spacial score (nSPS) is 9.44. The van der Waals surface area contributed by atoms with Gasteiger partial charge in [-0.05, 0) is 9.91 Å². The quantitative estimate of drug-likeness (QED) is 0.397. The molecule has 1 aromatic rings. The Morgan fingerprint density at radius 1 is 2.00 bits per heavy atom. The average Bonchev–Trinajstić information content (AvgIpc) is 2.14. The van der Waals surface area contributed by atoms with Crippen molar-refractivity contribution in [2.45, 2.75) is 0 Å². The standard InChI is InChI=1S/C4H4N3O2/c1-6-2-4(5-3-6)7(8)9/h3H,1H3. The lowest BCUT2D eigenvalue weighted by atomic mass is 10.8. The fraction of sp³-hybridized carbons (Fsp3) is 0.250. The van der Waals surface area contributed by atoms with Gasteiger partial charge in [0.05, 0.1) is 0 Å². The van der Waals surface area contributed by atoms with Crippen LogP contribution in [0.1, 0.15) is 0 Å². The van der Waals surface area contributed by atoms with Gasteiger partial charge in [0.15, 0.2) is 6.20 Å². The summed E-state index contributed by atoms with van der Waals surface area (Å²) >= 11 is 0. The number of nitrogens with zero attached hydrogens (tertiary/aromatic N) is 3. The fourth-order valence-corrected chi connectivity index (χ4v) is 0.445. The molecule has 0 aliphatic heterocycles. The second-order valence-electron chi connectivity index (χ2n) is 1.55. The van der Waals surface area contributed by atoms with Crippen LogP contribution >= 0.6 is 0 Å². The molecule has 0 atom stereocenters. The Balaban J connectivity index is 2.98. The molecule has 0 aromatic carbocycles. The van der Waals surface area contributed by atoms with Crippen LogP contribution in [0.3, 0.4) is 0 Å². The number of imidazole rings is 1.